The third kappa shape index (κ3) is 3.37. The molecule has 1 fully saturated rings. The second-order valence-electron chi connectivity index (χ2n) is 4.98. The Labute approximate surface area is 113 Å². The van der Waals surface area contributed by atoms with E-state index in [1.807, 2.05) is 12.1 Å². The van der Waals surface area contributed by atoms with Gasteiger partial charge in [-0.3, -0.25) is 0 Å². The first-order valence-corrected chi connectivity index (χ1v) is 7.13. The van der Waals surface area contributed by atoms with Gasteiger partial charge in [0.15, 0.2) is 0 Å². The molecule has 0 radical (unpaired) electrons. The van der Waals surface area contributed by atoms with Gasteiger partial charge in [0.25, 0.3) is 0 Å². The standard InChI is InChI=1S/C14H19Cl2N/c15-12-7-3-6-11(14(12)16)13(17)9-8-10-4-1-2-5-10/h3,6-7,10,13H,1-2,4-5,8-9,17H2. The van der Waals surface area contributed by atoms with Crippen molar-refractivity contribution in [2.24, 2.45) is 11.7 Å². The fourth-order valence-corrected chi connectivity index (χ4v) is 3.12. The number of hydrogen-bond acceptors (Lipinski definition) is 1. The van der Waals surface area contributed by atoms with E-state index in [0.717, 1.165) is 17.9 Å². The van der Waals surface area contributed by atoms with E-state index in [1.165, 1.54) is 32.1 Å². The fraction of sp³-hybridized carbons (Fsp3) is 0.571. The van der Waals surface area contributed by atoms with E-state index in [0.29, 0.717) is 10.0 Å². The van der Waals surface area contributed by atoms with Gasteiger partial charge in [-0.05, 0) is 30.4 Å². The van der Waals surface area contributed by atoms with Crippen molar-refractivity contribution in [1.82, 2.24) is 0 Å². The van der Waals surface area contributed by atoms with Crippen LogP contribution in [0.2, 0.25) is 10.0 Å². The smallest absolute Gasteiger partial charge is 0.0639 e. The van der Waals surface area contributed by atoms with E-state index in [-0.39, 0.29) is 6.04 Å². The lowest BCUT2D eigenvalue weighted by atomic mass is 9.95. The van der Waals surface area contributed by atoms with Crippen molar-refractivity contribution < 1.29 is 0 Å². The van der Waals surface area contributed by atoms with Gasteiger partial charge in [-0.1, -0.05) is 61.0 Å². The van der Waals surface area contributed by atoms with Crippen LogP contribution in [-0.4, -0.2) is 0 Å². The maximum absolute atomic E-state index is 6.20. The molecule has 17 heavy (non-hydrogen) atoms. The zero-order chi connectivity index (χ0) is 12.3. The second kappa shape index (κ2) is 6.08. The SMILES string of the molecule is NC(CCC1CCCC1)c1cccc(Cl)c1Cl. The summed E-state index contributed by atoms with van der Waals surface area (Å²) in [6, 6.07) is 5.71. The Balaban J connectivity index is 1.94. The average molecular weight is 272 g/mol. The van der Waals surface area contributed by atoms with Gasteiger partial charge in [-0.2, -0.15) is 0 Å². The lowest BCUT2D eigenvalue weighted by molar-refractivity contribution is 0.454. The molecule has 1 atom stereocenters. The van der Waals surface area contributed by atoms with Gasteiger partial charge in [0.2, 0.25) is 0 Å². The van der Waals surface area contributed by atoms with Gasteiger partial charge in [0, 0.05) is 6.04 Å². The van der Waals surface area contributed by atoms with Crippen molar-refractivity contribution in [3.63, 3.8) is 0 Å². The van der Waals surface area contributed by atoms with Crippen LogP contribution >= 0.6 is 23.2 Å². The Morgan fingerprint density at radius 3 is 2.65 bits per heavy atom. The minimum absolute atomic E-state index is 0.0156. The summed E-state index contributed by atoms with van der Waals surface area (Å²) >= 11 is 12.2. The molecule has 1 nitrogen and oxygen atoms in total. The number of rotatable bonds is 4. The Bertz CT molecular complexity index is 372. The van der Waals surface area contributed by atoms with E-state index in [4.69, 9.17) is 28.9 Å². The first-order chi connectivity index (χ1) is 8.18. The molecule has 1 aliphatic rings. The molecular weight excluding hydrogens is 253 g/mol. The van der Waals surface area contributed by atoms with Crippen LogP contribution in [0.5, 0.6) is 0 Å². The number of hydrogen-bond donors (Lipinski definition) is 1. The summed E-state index contributed by atoms with van der Waals surface area (Å²) in [5, 5.41) is 1.22. The maximum atomic E-state index is 6.20. The third-order valence-corrected chi connectivity index (χ3v) is 4.58. The van der Waals surface area contributed by atoms with Gasteiger partial charge in [-0.25, -0.2) is 0 Å². The molecule has 0 aliphatic heterocycles. The monoisotopic (exact) mass is 271 g/mol. The predicted molar refractivity (Wildman–Crippen MR) is 74.6 cm³/mol. The Kier molecular flexibility index (Phi) is 4.72. The van der Waals surface area contributed by atoms with Crippen LogP contribution in [0.15, 0.2) is 18.2 Å². The molecular formula is C14H19Cl2N. The highest BCUT2D eigenvalue weighted by Gasteiger charge is 2.18. The molecule has 0 saturated heterocycles. The van der Waals surface area contributed by atoms with E-state index in [9.17, 15) is 0 Å². The summed E-state index contributed by atoms with van der Waals surface area (Å²) in [4.78, 5) is 0. The van der Waals surface area contributed by atoms with Crippen LogP contribution in [-0.2, 0) is 0 Å². The molecule has 3 heteroatoms. The number of benzene rings is 1. The van der Waals surface area contributed by atoms with Crippen LogP contribution in [0.4, 0.5) is 0 Å². The first kappa shape index (κ1) is 13.2. The van der Waals surface area contributed by atoms with Crippen LogP contribution in [0.3, 0.4) is 0 Å². The van der Waals surface area contributed by atoms with Gasteiger partial charge >= 0.3 is 0 Å². The summed E-state index contributed by atoms with van der Waals surface area (Å²) in [5.74, 6) is 0.874. The minimum Gasteiger partial charge on any atom is -0.324 e. The molecule has 2 N–H and O–H groups in total. The molecule has 0 bridgehead atoms. The molecule has 0 heterocycles. The molecule has 0 spiro atoms. The molecule has 1 aromatic rings. The van der Waals surface area contributed by atoms with E-state index in [2.05, 4.69) is 0 Å². The average Bonchev–Trinajstić information content (AvgIpc) is 2.82. The van der Waals surface area contributed by atoms with Crippen molar-refractivity contribution in [2.75, 3.05) is 0 Å². The molecule has 0 aromatic heterocycles. The minimum atomic E-state index is 0.0156. The van der Waals surface area contributed by atoms with E-state index in [1.54, 1.807) is 6.07 Å². The van der Waals surface area contributed by atoms with Gasteiger partial charge in [-0.15, -0.1) is 0 Å². The van der Waals surface area contributed by atoms with Crippen LogP contribution in [0.25, 0.3) is 0 Å². The summed E-state index contributed by atoms with van der Waals surface area (Å²) in [7, 11) is 0. The normalized spacial score (nSPS) is 18.5. The highest BCUT2D eigenvalue weighted by Crippen LogP contribution is 2.34. The van der Waals surface area contributed by atoms with Crippen molar-refractivity contribution in [2.45, 2.75) is 44.6 Å². The Morgan fingerprint density at radius 2 is 1.94 bits per heavy atom. The van der Waals surface area contributed by atoms with E-state index >= 15 is 0 Å². The lowest BCUT2D eigenvalue weighted by Crippen LogP contribution is -2.12. The van der Waals surface area contributed by atoms with Crippen molar-refractivity contribution in [1.29, 1.82) is 0 Å². The van der Waals surface area contributed by atoms with Crippen molar-refractivity contribution >= 4 is 23.2 Å². The van der Waals surface area contributed by atoms with Crippen molar-refractivity contribution in [3.8, 4) is 0 Å². The first-order valence-electron chi connectivity index (χ1n) is 6.38. The maximum Gasteiger partial charge on any atom is 0.0639 e. The van der Waals surface area contributed by atoms with Crippen LogP contribution in [0, 0.1) is 5.92 Å². The highest BCUT2D eigenvalue weighted by atomic mass is 35.5. The number of nitrogens with two attached hydrogens (primary N) is 1. The van der Waals surface area contributed by atoms with Crippen molar-refractivity contribution in [3.05, 3.63) is 33.8 Å². The molecule has 1 saturated carbocycles. The molecule has 1 aromatic carbocycles. The van der Waals surface area contributed by atoms with Gasteiger partial charge < -0.3 is 5.73 Å². The highest BCUT2D eigenvalue weighted by molar-refractivity contribution is 6.42. The fourth-order valence-electron chi connectivity index (χ4n) is 2.68. The Morgan fingerprint density at radius 1 is 1.24 bits per heavy atom. The zero-order valence-electron chi connectivity index (χ0n) is 9.96. The molecule has 0 amide bonds. The summed E-state index contributed by atoms with van der Waals surface area (Å²) in [6.45, 7) is 0. The lowest BCUT2D eigenvalue weighted by Gasteiger charge is -2.16. The Hall–Kier alpha value is -0.240. The molecule has 2 rings (SSSR count). The zero-order valence-corrected chi connectivity index (χ0v) is 11.5. The second-order valence-corrected chi connectivity index (χ2v) is 5.76. The third-order valence-electron chi connectivity index (χ3n) is 3.74. The summed E-state index contributed by atoms with van der Waals surface area (Å²) in [6.07, 6.45) is 7.73. The van der Waals surface area contributed by atoms with E-state index < -0.39 is 0 Å². The molecule has 1 aliphatic carbocycles. The number of halogens is 2. The summed E-state index contributed by atoms with van der Waals surface area (Å²) in [5.41, 5.74) is 7.18. The predicted octanol–water partition coefficient (Wildman–Crippen LogP) is 4.96. The molecule has 1 unspecified atom stereocenters. The largest absolute Gasteiger partial charge is 0.324 e. The summed E-state index contributed by atoms with van der Waals surface area (Å²) < 4.78 is 0. The van der Waals surface area contributed by atoms with Gasteiger partial charge in [0.1, 0.15) is 0 Å². The topological polar surface area (TPSA) is 26.0 Å². The van der Waals surface area contributed by atoms with Crippen LogP contribution in [0.1, 0.15) is 50.1 Å². The van der Waals surface area contributed by atoms with Gasteiger partial charge in [0.05, 0.1) is 10.0 Å². The van der Waals surface area contributed by atoms with Crippen LogP contribution < -0.4 is 5.73 Å². The molecule has 94 valence electrons. The quantitative estimate of drug-likeness (QED) is 0.823.